The van der Waals surface area contributed by atoms with Crippen LogP contribution in [0.1, 0.15) is 6.92 Å². The third kappa shape index (κ3) is 5.14. The van der Waals surface area contributed by atoms with Gasteiger partial charge < -0.3 is 19.5 Å². The Morgan fingerprint density at radius 3 is 2.58 bits per heavy atom. The molecule has 0 spiro atoms. The second-order valence-corrected chi connectivity index (χ2v) is 9.54. The van der Waals surface area contributed by atoms with E-state index in [2.05, 4.69) is 5.32 Å². The number of benzene rings is 3. The number of sulfonamides is 1. The molecule has 1 atom stereocenters. The summed E-state index contributed by atoms with van der Waals surface area (Å²) in [6.45, 7) is 2.82. The normalized spacial score (nSPS) is 13.9. The average Bonchev–Trinajstić information content (AvgIpc) is 2.81. The molecule has 0 saturated heterocycles. The molecule has 0 saturated carbocycles. The van der Waals surface area contributed by atoms with Gasteiger partial charge >= 0.3 is 0 Å². The first kappa shape index (κ1) is 22.7. The highest BCUT2D eigenvalue weighted by Crippen LogP contribution is 2.35. The van der Waals surface area contributed by atoms with Crippen molar-refractivity contribution in [2.75, 3.05) is 36.9 Å². The molecule has 0 bridgehead atoms. The van der Waals surface area contributed by atoms with Gasteiger partial charge in [-0.2, -0.15) is 0 Å². The van der Waals surface area contributed by atoms with Crippen molar-refractivity contribution in [1.82, 2.24) is 5.32 Å². The van der Waals surface area contributed by atoms with Gasteiger partial charge in [-0.25, -0.2) is 8.42 Å². The molecule has 0 fully saturated rings. The summed E-state index contributed by atoms with van der Waals surface area (Å²) in [5, 5.41) is 4.81. The van der Waals surface area contributed by atoms with E-state index in [0.29, 0.717) is 30.4 Å². The SMILES string of the molecule is C[C@H](C(=O)NCCOc1cccc2ccccc12)N(c1ccc2c(c1)OCCO2)S(C)(=O)=O. The number of ether oxygens (including phenoxy) is 3. The first-order valence-electron chi connectivity index (χ1n) is 10.6. The van der Waals surface area contributed by atoms with Crippen LogP contribution in [-0.2, 0) is 14.8 Å². The second kappa shape index (κ2) is 9.58. The summed E-state index contributed by atoms with van der Waals surface area (Å²) in [6.07, 6.45) is 1.07. The molecule has 3 aromatic rings. The number of anilines is 1. The third-order valence-corrected chi connectivity index (χ3v) is 6.52. The van der Waals surface area contributed by atoms with Crippen molar-refractivity contribution in [3.05, 3.63) is 60.7 Å². The largest absolute Gasteiger partial charge is 0.491 e. The van der Waals surface area contributed by atoms with Crippen molar-refractivity contribution in [1.29, 1.82) is 0 Å². The minimum atomic E-state index is -3.74. The van der Waals surface area contributed by atoms with E-state index >= 15 is 0 Å². The predicted molar refractivity (Wildman–Crippen MR) is 127 cm³/mol. The van der Waals surface area contributed by atoms with Crippen molar-refractivity contribution in [3.8, 4) is 17.2 Å². The highest BCUT2D eigenvalue weighted by Gasteiger charge is 2.30. The number of rotatable bonds is 8. The Hall–Kier alpha value is -3.46. The lowest BCUT2D eigenvalue weighted by molar-refractivity contribution is -0.121. The van der Waals surface area contributed by atoms with E-state index in [4.69, 9.17) is 14.2 Å². The zero-order chi connectivity index (χ0) is 23.4. The van der Waals surface area contributed by atoms with Crippen molar-refractivity contribution in [2.24, 2.45) is 0 Å². The Labute approximate surface area is 193 Å². The number of nitrogens with zero attached hydrogens (tertiary/aromatic N) is 1. The van der Waals surface area contributed by atoms with Crippen molar-refractivity contribution < 1.29 is 27.4 Å². The predicted octanol–water partition coefficient (Wildman–Crippen LogP) is 2.96. The van der Waals surface area contributed by atoms with Gasteiger partial charge in [-0.05, 0) is 30.5 Å². The maximum Gasteiger partial charge on any atom is 0.243 e. The van der Waals surface area contributed by atoms with Crippen LogP contribution in [0.5, 0.6) is 17.2 Å². The number of fused-ring (bicyclic) bond motifs is 2. The fraction of sp³-hybridized carbons (Fsp3) is 0.292. The van der Waals surface area contributed by atoms with Gasteiger partial charge in [0.1, 0.15) is 31.6 Å². The molecule has 4 rings (SSSR count). The molecule has 1 heterocycles. The maximum absolute atomic E-state index is 12.8. The Bertz CT molecular complexity index is 1260. The summed E-state index contributed by atoms with van der Waals surface area (Å²) in [7, 11) is -3.74. The fourth-order valence-electron chi connectivity index (χ4n) is 3.78. The van der Waals surface area contributed by atoms with Crippen molar-refractivity contribution in [3.63, 3.8) is 0 Å². The van der Waals surface area contributed by atoms with E-state index in [-0.39, 0.29) is 13.2 Å². The molecular formula is C24H26N2O6S. The van der Waals surface area contributed by atoms with E-state index < -0.39 is 22.0 Å². The molecule has 33 heavy (non-hydrogen) atoms. The Balaban J connectivity index is 1.41. The molecule has 0 unspecified atom stereocenters. The standard InChI is InChI=1S/C24H26N2O6S/c1-17(26(33(2,28)29)19-10-11-22-23(16-19)32-15-14-31-22)24(27)25-12-13-30-21-9-5-7-18-6-3-4-8-20(18)21/h3-11,16-17H,12-15H2,1-2H3,(H,25,27)/t17-/m1/s1. The quantitative estimate of drug-likeness (QED) is 0.509. The number of hydrogen-bond acceptors (Lipinski definition) is 6. The summed E-state index contributed by atoms with van der Waals surface area (Å²) in [5.74, 6) is 1.28. The van der Waals surface area contributed by atoms with Crippen LogP contribution in [-0.4, -0.2) is 53.0 Å². The van der Waals surface area contributed by atoms with E-state index in [1.807, 2.05) is 42.5 Å². The van der Waals surface area contributed by atoms with Crippen LogP contribution >= 0.6 is 0 Å². The number of carbonyl (C=O) groups is 1. The van der Waals surface area contributed by atoms with Crippen LogP contribution in [0.2, 0.25) is 0 Å². The van der Waals surface area contributed by atoms with E-state index in [0.717, 1.165) is 27.1 Å². The molecule has 1 amide bonds. The highest BCUT2D eigenvalue weighted by atomic mass is 32.2. The molecular weight excluding hydrogens is 444 g/mol. The Morgan fingerprint density at radius 2 is 1.79 bits per heavy atom. The van der Waals surface area contributed by atoms with Crippen LogP contribution < -0.4 is 23.8 Å². The highest BCUT2D eigenvalue weighted by molar-refractivity contribution is 7.92. The van der Waals surface area contributed by atoms with Gasteiger partial charge in [0, 0.05) is 11.5 Å². The summed E-state index contributed by atoms with van der Waals surface area (Å²) in [5.41, 5.74) is 0.330. The summed E-state index contributed by atoms with van der Waals surface area (Å²) >= 11 is 0. The summed E-state index contributed by atoms with van der Waals surface area (Å²) in [4.78, 5) is 12.8. The molecule has 3 aromatic carbocycles. The molecule has 1 aliphatic rings. The average molecular weight is 471 g/mol. The van der Waals surface area contributed by atoms with Crippen LogP contribution in [0.15, 0.2) is 60.7 Å². The van der Waals surface area contributed by atoms with Crippen LogP contribution in [0.4, 0.5) is 5.69 Å². The second-order valence-electron chi connectivity index (χ2n) is 7.68. The van der Waals surface area contributed by atoms with Gasteiger partial charge in [0.15, 0.2) is 11.5 Å². The van der Waals surface area contributed by atoms with E-state index in [1.54, 1.807) is 25.1 Å². The molecule has 0 radical (unpaired) electrons. The molecule has 9 heteroatoms. The van der Waals surface area contributed by atoms with Gasteiger partial charge in [0.2, 0.25) is 15.9 Å². The first-order valence-corrected chi connectivity index (χ1v) is 12.5. The topological polar surface area (TPSA) is 94.2 Å². The van der Waals surface area contributed by atoms with Gasteiger partial charge in [-0.3, -0.25) is 9.10 Å². The third-order valence-electron chi connectivity index (χ3n) is 5.28. The van der Waals surface area contributed by atoms with Crippen molar-refractivity contribution >= 4 is 32.4 Å². The minimum absolute atomic E-state index is 0.227. The fourth-order valence-corrected chi connectivity index (χ4v) is 4.95. The number of carbonyl (C=O) groups excluding carboxylic acids is 1. The monoisotopic (exact) mass is 470 g/mol. The number of nitrogens with one attached hydrogen (secondary N) is 1. The van der Waals surface area contributed by atoms with Gasteiger partial charge in [0.05, 0.1) is 18.5 Å². The number of amides is 1. The van der Waals surface area contributed by atoms with Gasteiger partial charge in [-0.1, -0.05) is 36.4 Å². The van der Waals surface area contributed by atoms with Crippen LogP contribution in [0.25, 0.3) is 10.8 Å². The zero-order valence-electron chi connectivity index (χ0n) is 18.5. The molecule has 174 valence electrons. The first-order chi connectivity index (χ1) is 15.8. The molecule has 1 N–H and O–H groups in total. The van der Waals surface area contributed by atoms with Gasteiger partial charge in [0.25, 0.3) is 0 Å². The molecule has 0 aromatic heterocycles. The molecule has 1 aliphatic heterocycles. The molecule has 8 nitrogen and oxygen atoms in total. The van der Waals surface area contributed by atoms with E-state index in [9.17, 15) is 13.2 Å². The lowest BCUT2D eigenvalue weighted by Crippen LogP contribution is -2.48. The Kier molecular flexibility index (Phi) is 6.60. The number of hydrogen-bond donors (Lipinski definition) is 1. The molecule has 0 aliphatic carbocycles. The van der Waals surface area contributed by atoms with Crippen molar-refractivity contribution in [2.45, 2.75) is 13.0 Å². The Morgan fingerprint density at radius 1 is 1.06 bits per heavy atom. The summed E-state index contributed by atoms with van der Waals surface area (Å²) in [6, 6.07) is 17.5. The van der Waals surface area contributed by atoms with Crippen LogP contribution in [0, 0.1) is 0 Å². The van der Waals surface area contributed by atoms with Crippen LogP contribution in [0.3, 0.4) is 0 Å². The smallest absolute Gasteiger partial charge is 0.243 e. The zero-order valence-corrected chi connectivity index (χ0v) is 19.3. The van der Waals surface area contributed by atoms with Gasteiger partial charge in [-0.15, -0.1) is 0 Å². The minimum Gasteiger partial charge on any atom is -0.491 e. The maximum atomic E-state index is 12.8. The lowest BCUT2D eigenvalue weighted by atomic mass is 10.1. The van der Waals surface area contributed by atoms with E-state index in [1.165, 1.54) is 0 Å². The lowest BCUT2D eigenvalue weighted by Gasteiger charge is -2.29. The summed E-state index contributed by atoms with van der Waals surface area (Å²) < 4.78 is 43.0.